The molecule has 0 aromatic rings. The Morgan fingerprint density at radius 3 is 2.33 bits per heavy atom. The second-order valence-electron chi connectivity index (χ2n) is 4.05. The maximum Gasteiger partial charge on any atom is 0.306 e. The molecule has 0 aromatic carbocycles. The second kappa shape index (κ2) is 11.6. The van der Waals surface area contributed by atoms with Crippen molar-refractivity contribution in [2.45, 2.75) is 46.6 Å². The fourth-order valence-electron chi connectivity index (χ4n) is 1.39. The molecule has 0 spiro atoms. The maximum absolute atomic E-state index is 11.2. The summed E-state index contributed by atoms with van der Waals surface area (Å²) in [7, 11) is 0. The number of guanidine groups is 1. The van der Waals surface area contributed by atoms with Gasteiger partial charge in [-0.15, -0.1) is 24.0 Å². The van der Waals surface area contributed by atoms with Crippen LogP contribution in [0.4, 0.5) is 0 Å². The molecule has 0 saturated carbocycles. The first-order chi connectivity index (χ1) is 8.01. The molecule has 6 heteroatoms. The van der Waals surface area contributed by atoms with Crippen LogP contribution in [-0.2, 0) is 9.53 Å². The van der Waals surface area contributed by atoms with Crippen LogP contribution in [0.5, 0.6) is 0 Å². The summed E-state index contributed by atoms with van der Waals surface area (Å²) in [5.41, 5.74) is 5.80. The zero-order chi connectivity index (χ0) is 13.3. The highest BCUT2D eigenvalue weighted by Crippen LogP contribution is 1.98. The van der Waals surface area contributed by atoms with Crippen molar-refractivity contribution in [2.24, 2.45) is 10.7 Å². The molecule has 0 amide bonds. The number of esters is 1. The molecule has 0 bridgehead atoms. The summed E-state index contributed by atoms with van der Waals surface area (Å²) >= 11 is 0. The fourth-order valence-corrected chi connectivity index (χ4v) is 1.39. The van der Waals surface area contributed by atoms with E-state index in [0.29, 0.717) is 25.3 Å². The third-order valence-electron chi connectivity index (χ3n) is 2.27. The van der Waals surface area contributed by atoms with Crippen LogP contribution in [0.25, 0.3) is 0 Å². The minimum atomic E-state index is -0.170. The lowest BCUT2D eigenvalue weighted by Gasteiger charge is -2.19. The van der Waals surface area contributed by atoms with Crippen LogP contribution in [0, 0.1) is 0 Å². The summed E-state index contributed by atoms with van der Waals surface area (Å²) in [6.07, 6.45) is 1.02. The van der Waals surface area contributed by atoms with Gasteiger partial charge in [-0.3, -0.25) is 9.79 Å². The number of carbonyl (C=O) groups excluding carboxylic acids is 1. The number of nitrogens with zero attached hydrogens (tertiary/aromatic N) is 2. The molecule has 0 aliphatic rings. The monoisotopic (exact) mass is 371 g/mol. The molecule has 2 N–H and O–H groups in total. The Hall–Kier alpha value is -0.530. The van der Waals surface area contributed by atoms with Gasteiger partial charge in [0.2, 0.25) is 0 Å². The van der Waals surface area contributed by atoms with Gasteiger partial charge in [0.05, 0.1) is 6.10 Å². The van der Waals surface area contributed by atoms with Gasteiger partial charge < -0.3 is 15.4 Å². The van der Waals surface area contributed by atoms with Crippen molar-refractivity contribution >= 4 is 35.9 Å². The molecule has 0 fully saturated rings. The smallest absolute Gasteiger partial charge is 0.306 e. The van der Waals surface area contributed by atoms with Gasteiger partial charge in [-0.25, -0.2) is 0 Å². The number of rotatable bonds is 7. The summed E-state index contributed by atoms with van der Waals surface area (Å²) in [5, 5.41) is 0. The average molecular weight is 371 g/mol. The van der Waals surface area contributed by atoms with Crippen LogP contribution >= 0.6 is 24.0 Å². The van der Waals surface area contributed by atoms with E-state index < -0.39 is 0 Å². The van der Waals surface area contributed by atoms with E-state index in [2.05, 4.69) is 4.99 Å². The van der Waals surface area contributed by atoms with E-state index in [4.69, 9.17) is 10.5 Å². The molecule has 0 aliphatic heterocycles. The second-order valence-corrected chi connectivity index (χ2v) is 4.05. The third-order valence-corrected chi connectivity index (χ3v) is 2.27. The van der Waals surface area contributed by atoms with Crippen LogP contribution < -0.4 is 5.73 Å². The van der Waals surface area contributed by atoms with E-state index in [-0.39, 0.29) is 36.0 Å². The van der Waals surface area contributed by atoms with Crippen molar-refractivity contribution in [3.63, 3.8) is 0 Å². The Balaban J connectivity index is 0. The minimum Gasteiger partial charge on any atom is -0.463 e. The van der Waals surface area contributed by atoms with E-state index in [1.807, 2.05) is 32.6 Å². The number of hydrogen-bond acceptors (Lipinski definition) is 3. The topological polar surface area (TPSA) is 67.9 Å². The number of ether oxygens (including phenoxy) is 1. The minimum absolute atomic E-state index is 0. The number of halogens is 1. The van der Waals surface area contributed by atoms with Gasteiger partial charge in [0.25, 0.3) is 0 Å². The van der Waals surface area contributed by atoms with Gasteiger partial charge in [0.1, 0.15) is 0 Å². The lowest BCUT2D eigenvalue weighted by Crippen LogP contribution is -2.37. The molecule has 0 rings (SSSR count). The first-order valence-electron chi connectivity index (χ1n) is 6.25. The molecular formula is C12H26IN3O2. The van der Waals surface area contributed by atoms with E-state index >= 15 is 0 Å². The average Bonchev–Trinajstić information content (AvgIpc) is 2.25. The Morgan fingerprint density at radius 1 is 1.33 bits per heavy atom. The predicted octanol–water partition coefficient (Wildman–Crippen LogP) is 1.99. The van der Waals surface area contributed by atoms with Crippen LogP contribution in [0.15, 0.2) is 4.99 Å². The molecule has 0 aliphatic carbocycles. The van der Waals surface area contributed by atoms with Crippen molar-refractivity contribution < 1.29 is 9.53 Å². The summed E-state index contributed by atoms with van der Waals surface area (Å²) in [6.45, 7) is 10.0. The maximum atomic E-state index is 11.2. The Labute approximate surface area is 127 Å². The van der Waals surface area contributed by atoms with Gasteiger partial charge in [-0.05, 0) is 34.1 Å². The molecule has 18 heavy (non-hydrogen) atoms. The summed E-state index contributed by atoms with van der Waals surface area (Å²) in [4.78, 5) is 17.4. The van der Waals surface area contributed by atoms with Crippen LogP contribution in [0.3, 0.4) is 0 Å². The molecule has 0 heterocycles. The van der Waals surface area contributed by atoms with Gasteiger partial charge in [0.15, 0.2) is 5.96 Å². The Kier molecular flexibility index (Phi) is 12.7. The first-order valence-corrected chi connectivity index (χ1v) is 6.25. The van der Waals surface area contributed by atoms with E-state index in [9.17, 15) is 4.79 Å². The largest absolute Gasteiger partial charge is 0.463 e. The fraction of sp³-hybridized carbons (Fsp3) is 0.833. The highest BCUT2D eigenvalue weighted by atomic mass is 127. The molecule has 0 saturated heterocycles. The van der Waals surface area contributed by atoms with Gasteiger partial charge in [-0.2, -0.15) is 0 Å². The SMILES string of the molecule is CCN(CC)C(N)=NCCCC(=O)OC(C)C.I. The number of carbonyl (C=O) groups is 1. The van der Waals surface area contributed by atoms with Crippen molar-refractivity contribution in [3.05, 3.63) is 0 Å². The molecule has 0 atom stereocenters. The first kappa shape index (κ1) is 19.8. The quantitative estimate of drug-likeness (QED) is 0.244. The summed E-state index contributed by atoms with van der Waals surface area (Å²) in [6, 6.07) is 0. The number of hydrogen-bond donors (Lipinski definition) is 1. The highest BCUT2D eigenvalue weighted by Gasteiger charge is 2.05. The van der Waals surface area contributed by atoms with Gasteiger partial charge >= 0.3 is 5.97 Å². The molecular weight excluding hydrogens is 345 g/mol. The predicted molar refractivity (Wildman–Crippen MR) is 85.3 cm³/mol. The molecule has 0 unspecified atom stereocenters. The van der Waals surface area contributed by atoms with Crippen molar-refractivity contribution in [1.29, 1.82) is 0 Å². The summed E-state index contributed by atoms with van der Waals surface area (Å²) in [5.74, 6) is 0.379. The zero-order valence-electron chi connectivity index (χ0n) is 11.8. The summed E-state index contributed by atoms with van der Waals surface area (Å²) < 4.78 is 5.02. The van der Waals surface area contributed by atoms with E-state index in [1.54, 1.807) is 0 Å². The molecule has 108 valence electrons. The van der Waals surface area contributed by atoms with Crippen molar-refractivity contribution in [2.75, 3.05) is 19.6 Å². The lowest BCUT2D eigenvalue weighted by atomic mass is 10.3. The lowest BCUT2D eigenvalue weighted by molar-refractivity contribution is -0.147. The normalized spacial score (nSPS) is 11.1. The van der Waals surface area contributed by atoms with Crippen molar-refractivity contribution in [1.82, 2.24) is 4.90 Å². The van der Waals surface area contributed by atoms with Crippen LogP contribution in [0.2, 0.25) is 0 Å². The Morgan fingerprint density at radius 2 is 1.89 bits per heavy atom. The Bertz CT molecular complexity index is 254. The molecule has 0 aromatic heterocycles. The van der Waals surface area contributed by atoms with E-state index in [0.717, 1.165) is 13.1 Å². The number of nitrogens with two attached hydrogens (primary N) is 1. The number of aliphatic imine (C=N–C) groups is 1. The van der Waals surface area contributed by atoms with Crippen LogP contribution in [-0.4, -0.2) is 42.6 Å². The third kappa shape index (κ3) is 9.49. The molecule has 0 radical (unpaired) electrons. The van der Waals surface area contributed by atoms with Gasteiger partial charge in [0, 0.05) is 26.1 Å². The highest BCUT2D eigenvalue weighted by molar-refractivity contribution is 14.0. The van der Waals surface area contributed by atoms with Crippen molar-refractivity contribution in [3.8, 4) is 0 Å². The zero-order valence-corrected chi connectivity index (χ0v) is 14.1. The standard InChI is InChI=1S/C12H25N3O2.HI/c1-5-15(6-2)12(13)14-9-7-8-11(16)17-10(3)4;/h10H,5-9H2,1-4H3,(H2,13,14);1H. The molecule has 5 nitrogen and oxygen atoms in total. The van der Waals surface area contributed by atoms with Gasteiger partial charge in [-0.1, -0.05) is 0 Å². The van der Waals surface area contributed by atoms with E-state index in [1.165, 1.54) is 0 Å². The van der Waals surface area contributed by atoms with Crippen LogP contribution in [0.1, 0.15) is 40.5 Å².